The number of nitrogens with zero attached hydrogens (tertiary/aromatic N) is 1. The number of carboxylic acids is 1. The molecule has 2 heterocycles. The number of anilines is 1. The maximum atomic E-state index is 12.7. The fourth-order valence-corrected chi connectivity index (χ4v) is 3.18. The zero-order valence-corrected chi connectivity index (χ0v) is 12.0. The number of carboxylic acid groups (broad SMARTS) is 1. The molecular formula is C16H19NO4. The lowest BCUT2D eigenvalue weighted by Gasteiger charge is -2.36. The Hall–Kier alpha value is -1.88. The summed E-state index contributed by atoms with van der Waals surface area (Å²) in [5, 5.41) is 8.98. The van der Waals surface area contributed by atoms with Crippen molar-refractivity contribution in [2.45, 2.75) is 50.9 Å². The molecule has 1 fully saturated rings. The van der Waals surface area contributed by atoms with Gasteiger partial charge in [-0.15, -0.1) is 0 Å². The minimum atomic E-state index is -0.989. The monoisotopic (exact) mass is 289 g/mol. The lowest BCUT2D eigenvalue weighted by Crippen LogP contribution is -2.47. The highest BCUT2D eigenvalue weighted by Gasteiger charge is 2.39. The Morgan fingerprint density at radius 1 is 1.19 bits per heavy atom. The average molecular weight is 289 g/mol. The van der Waals surface area contributed by atoms with Gasteiger partial charge in [0.15, 0.2) is 6.10 Å². The maximum Gasteiger partial charge on any atom is 0.332 e. The summed E-state index contributed by atoms with van der Waals surface area (Å²) in [5.41, 5.74) is 2.10. The number of carbonyl (C=O) groups excluding carboxylic acids is 1. The molecule has 21 heavy (non-hydrogen) atoms. The summed E-state index contributed by atoms with van der Waals surface area (Å²) in [6, 6.07) is 8.00. The van der Waals surface area contributed by atoms with E-state index in [0.29, 0.717) is 12.8 Å². The summed E-state index contributed by atoms with van der Waals surface area (Å²) in [6.45, 7) is 2.03. The van der Waals surface area contributed by atoms with Gasteiger partial charge >= 0.3 is 5.97 Å². The van der Waals surface area contributed by atoms with E-state index in [4.69, 9.17) is 9.84 Å². The minimum Gasteiger partial charge on any atom is -0.479 e. The van der Waals surface area contributed by atoms with Crippen molar-refractivity contribution in [1.82, 2.24) is 0 Å². The third-order valence-electron chi connectivity index (χ3n) is 4.33. The average Bonchev–Trinajstić information content (AvgIpc) is 2.96. The van der Waals surface area contributed by atoms with E-state index < -0.39 is 18.2 Å². The van der Waals surface area contributed by atoms with E-state index in [9.17, 15) is 9.59 Å². The third-order valence-corrected chi connectivity index (χ3v) is 4.33. The first kappa shape index (κ1) is 14.1. The lowest BCUT2D eigenvalue weighted by molar-refractivity contribution is -0.151. The van der Waals surface area contributed by atoms with Crippen LogP contribution in [0.15, 0.2) is 24.3 Å². The van der Waals surface area contributed by atoms with Crippen LogP contribution in [-0.2, 0) is 20.7 Å². The summed E-state index contributed by atoms with van der Waals surface area (Å²) in [5.74, 6) is -1.10. The fourth-order valence-electron chi connectivity index (χ4n) is 3.18. The predicted molar refractivity (Wildman–Crippen MR) is 77.2 cm³/mol. The van der Waals surface area contributed by atoms with Crippen LogP contribution in [-0.4, -0.2) is 35.2 Å². The Bertz CT molecular complexity index is 571. The highest BCUT2D eigenvalue weighted by Crippen LogP contribution is 2.33. The number of para-hydroxylation sites is 1. The Morgan fingerprint density at radius 2 is 1.90 bits per heavy atom. The van der Waals surface area contributed by atoms with Crippen LogP contribution in [0.25, 0.3) is 0 Å². The van der Waals surface area contributed by atoms with Crippen molar-refractivity contribution in [2.24, 2.45) is 0 Å². The Kier molecular flexibility index (Phi) is 3.68. The molecule has 5 nitrogen and oxygen atoms in total. The molecule has 0 aromatic heterocycles. The number of aliphatic carboxylic acids is 1. The van der Waals surface area contributed by atoms with E-state index in [1.807, 2.05) is 31.2 Å². The van der Waals surface area contributed by atoms with E-state index in [0.717, 1.165) is 24.1 Å². The topological polar surface area (TPSA) is 66.8 Å². The second-order valence-corrected chi connectivity index (χ2v) is 5.75. The molecule has 1 aromatic carbocycles. The predicted octanol–water partition coefficient (Wildman–Crippen LogP) is 1.99. The summed E-state index contributed by atoms with van der Waals surface area (Å²) < 4.78 is 5.41. The van der Waals surface area contributed by atoms with Gasteiger partial charge in [0, 0.05) is 11.7 Å². The van der Waals surface area contributed by atoms with Crippen molar-refractivity contribution in [1.29, 1.82) is 0 Å². The van der Waals surface area contributed by atoms with Crippen molar-refractivity contribution in [2.75, 3.05) is 4.90 Å². The number of hydrogen-bond acceptors (Lipinski definition) is 3. The van der Waals surface area contributed by atoms with Crippen LogP contribution >= 0.6 is 0 Å². The molecule has 3 atom stereocenters. The molecule has 1 amide bonds. The highest BCUT2D eigenvalue weighted by molar-refractivity contribution is 5.98. The van der Waals surface area contributed by atoms with Crippen LogP contribution in [0, 0.1) is 0 Å². The minimum absolute atomic E-state index is 0.111. The number of ether oxygens (including phenoxy) is 1. The largest absolute Gasteiger partial charge is 0.479 e. The van der Waals surface area contributed by atoms with Crippen molar-refractivity contribution < 1.29 is 19.4 Å². The van der Waals surface area contributed by atoms with Gasteiger partial charge in [0.05, 0.1) is 0 Å². The summed E-state index contributed by atoms with van der Waals surface area (Å²) in [4.78, 5) is 25.5. The van der Waals surface area contributed by atoms with Gasteiger partial charge in [-0.1, -0.05) is 18.2 Å². The number of aryl methyl sites for hydroxylation is 1. The molecular weight excluding hydrogens is 270 g/mol. The van der Waals surface area contributed by atoms with Gasteiger partial charge < -0.3 is 14.7 Å². The van der Waals surface area contributed by atoms with Crippen molar-refractivity contribution >= 4 is 17.6 Å². The summed E-state index contributed by atoms with van der Waals surface area (Å²) >= 11 is 0. The van der Waals surface area contributed by atoms with Gasteiger partial charge in [-0.2, -0.15) is 0 Å². The van der Waals surface area contributed by atoms with E-state index in [-0.39, 0.29) is 11.9 Å². The van der Waals surface area contributed by atoms with Crippen LogP contribution in [0.4, 0.5) is 5.69 Å². The van der Waals surface area contributed by atoms with Crippen LogP contribution in [0.5, 0.6) is 0 Å². The summed E-state index contributed by atoms with van der Waals surface area (Å²) in [7, 11) is 0. The normalized spacial score (nSPS) is 28.2. The van der Waals surface area contributed by atoms with Crippen LogP contribution in [0.3, 0.4) is 0 Å². The maximum absolute atomic E-state index is 12.7. The highest BCUT2D eigenvalue weighted by atomic mass is 16.5. The number of carbonyl (C=O) groups is 2. The lowest BCUT2D eigenvalue weighted by atomic mass is 9.96. The standard InChI is InChI=1S/C16H19NO4/c1-10-6-7-11-4-2-3-5-12(11)17(10)15(18)13-8-9-14(21-13)16(19)20/h2-5,10,13-14H,6-9H2,1H3,(H,19,20)/t10?,13-,14+/m0/s1. The second-order valence-electron chi connectivity index (χ2n) is 5.75. The molecule has 1 aromatic rings. The zero-order chi connectivity index (χ0) is 15.0. The molecule has 5 heteroatoms. The molecule has 112 valence electrons. The molecule has 0 bridgehead atoms. The van der Waals surface area contributed by atoms with E-state index in [2.05, 4.69) is 0 Å². The third kappa shape index (κ3) is 2.53. The van der Waals surface area contributed by atoms with E-state index in [1.165, 1.54) is 0 Å². The number of rotatable bonds is 2. The van der Waals surface area contributed by atoms with Crippen molar-refractivity contribution in [3.63, 3.8) is 0 Å². The second kappa shape index (κ2) is 5.48. The molecule has 0 radical (unpaired) electrons. The number of benzene rings is 1. The molecule has 0 spiro atoms. The quantitative estimate of drug-likeness (QED) is 0.904. The van der Waals surface area contributed by atoms with Gasteiger partial charge in [0.25, 0.3) is 5.91 Å². The van der Waals surface area contributed by atoms with Gasteiger partial charge in [-0.05, 0) is 44.2 Å². The molecule has 1 unspecified atom stereocenters. The molecule has 0 saturated carbocycles. The smallest absolute Gasteiger partial charge is 0.332 e. The van der Waals surface area contributed by atoms with Gasteiger partial charge in [0.2, 0.25) is 0 Å². The van der Waals surface area contributed by atoms with Gasteiger partial charge in [0.1, 0.15) is 6.10 Å². The Labute approximate surface area is 123 Å². The molecule has 2 aliphatic rings. The fraction of sp³-hybridized carbons (Fsp3) is 0.500. The van der Waals surface area contributed by atoms with Gasteiger partial charge in [-0.25, -0.2) is 4.79 Å². The number of hydrogen-bond donors (Lipinski definition) is 1. The molecule has 1 saturated heterocycles. The zero-order valence-electron chi connectivity index (χ0n) is 12.0. The van der Waals surface area contributed by atoms with Crippen LogP contribution in [0.2, 0.25) is 0 Å². The number of fused-ring (bicyclic) bond motifs is 1. The van der Waals surface area contributed by atoms with Crippen LogP contribution < -0.4 is 4.90 Å². The first-order valence-electron chi connectivity index (χ1n) is 7.37. The summed E-state index contributed by atoms with van der Waals surface area (Å²) in [6.07, 6.45) is 1.26. The van der Waals surface area contributed by atoms with Crippen molar-refractivity contribution in [3.8, 4) is 0 Å². The number of amides is 1. The molecule has 3 rings (SSSR count). The van der Waals surface area contributed by atoms with Crippen LogP contribution in [0.1, 0.15) is 31.7 Å². The first-order chi connectivity index (χ1) is 10.1. The van der Waals surface area contributed by atoms with Gasteiger partial charge in [-0.3, -0.25) is 4.79 Å². The molecule has 1 N–H and O–H groups in total. The molecule has 0 aliphatic carbocycles. The molecule has 2 aliphatic heterocycles. The Balaban J connectivity index is 1.83. The SMILES string of the molecule is CC1CCc2ccccc2N1C(=O)[C@@H]1CC[C@H](C(=O)O)O1. The first-order valence-corrected chi connectivity index (χ1v) is 7.37. The van der Waals surface area contributed by atoms with E-state index >= 15 is 0 Å². The van der Waals surface area contributed by atoms with Crippen molar-refractivity contribution in [3.05, 3.63) is 29.8 Å². The van der Waals surface area contributed by atoms with E-state index in [1.54, 1.807) is 4.90 Å². The Morgan fingerprint density at radius 3 is 2.62 bits per heavy atom.